The van der Waals surface area contributed by atoms with Gasteiger partial charge in [-0.1, -0.05) is 87.8 Å². The van der Waals surface area contributed by atoms with Gasteiger partial charge >= 0.3 is 17.8 Å². The van der Waals surface area contributed by atoms with Gasteiger partial charge < -0.3 is 31.3 Å². The van der Waals surface area contributed by atoms with E-state index in [2.05, 4.69) is 67.5 Å². The molecule has 4 aromatic carbocycles. The van der Waals surface area contributed by atoms with Gasteiger partial charge in [0.15, 0.2) is 0 Å². The first-order valence-corrected chi connectivity index (χ1v) is 19.7. The molecule has 314 valence electrons. The molecule has 1 aliphatic rings. The lowest BCUT2D eigenvalue weighted by atomic mass is 9.93. The number of nitrogens with one attached hydrogen (secondary N) is 5. The monoisotopic (exact) mass is 842 g/mol. The van der Waals surface area contributed by atoms with Crippen LogP contribution in [0, 0.1) is 11.2 Å². The highest BCUT2D eigenvalue weighted by Crippen LogP contribution is 2.48. The number of carbonyl (C=O) groups excluding carboxylic acids is 3. The second-order valence-corrected chi connectivity index (χ2v) is 16.4. The zero-order chi connectivity index (χ0) is 43.2. The third-order valence-electron chi connectivity index (χ3n) is 9.91. The summed E-state index contributed by atoms with van der Waals surface area (Å²) < 4.78 is 48.5. The maximum absolute atomic E-state index is 15.5. The molecule has 0 bridgehead atoms. The fourth-order valence-electron chi connectivity index (χ4n) is 6.09. The maximum atomic E-state index is 15.5. The first-order valence-electron chi connectivity index (χ1n) is 19.3. The molecule has 0 unspecified atom stereocenters. The van der Waals surface area contributed by atoms with Gasteiger partial charge in [0, 0.05) is 42.0 Å². The number of hydrogen-bond acceptors (Lipinski definition) is 9. The van der Waals surface area contributed by atoms with Gasteiger partial charge in [-0.15, -0.1) is 0 Å². The smallest absolute Gasteiger partial charge is 0.323 e. The molecule has 12 nitrogen and oxygen atoms in total. The van der Waals surface area contributed by atoms with Gasteiger partial charge in [-0.3, -0.25) is 14.4 Å². The van der Waals surface area contributed by atoms with Crippen molar-refractivity contribution in [3.8, 4) is 6.01 Å². The van der Waals surface area contributed by atoms with E-state index >= 15 is 4.39 Å². The Kier molecular flexibility index (Phi) is 13.0. The number of nitrogens with zero attached hydrogens (tertiary/aromatic N) is 3. The molecule has 0 atom stereocenters. The van der Waals surface area contributed by atoms with Crippen molar-refractivity contribution in [1.29, 1.82) is 0 Å². The molecule has 60 heavy (non-hydrogen) atoms. The van der Waals surface area contributed by atoms with Crippen LogP contribution in [0.25, 0.3) is 0 Å². The van der Waals surface area contributed by atoms with Gasteiger partial charge in [0.05, 0.1) is 11.1 Å². The number of halogens is 4. The third-order valence-corrected chi connectivity index (χ3v) is 10.2. The van der Waals surface area contributed by atoms with Crippen molar-refractivity contribution in [2.24, 2.45) is 5.41 Å². The second kappa shape index (κ2) is 18.0. The van der Waals surface area contributed by atoms with Crippen LogP contribution in [0.3, 0.4) is 0 Å². The second-order valence-electron chi connectivity index (χ2n) is 15.9. The highest BCUT2D eigenvalue weighted by atomic mass is 35.5. The Morgan fingerprint density at radius 1 is 0.800 bits per heavy atom. The van der Waals surface area contributed by atoms with Gasteiger partial charge in [-0.05, 0) is 83.3 Å². The van der Waals surface area contributed by atoms with Crippen LogP contribution in [0.5, 0.6) is 6.01 Å². The zero-order valence-electron chi connectivity index (χ0n) is 33.8. The van der Waals surface area contributed by atoms with Crippen molar-refractivity contribution in [3.05, 3.63) is 130 Å². The van der Waals surface area contributed by atoms with E-state index in [1.54, 1.807) is 13.8 Å². The van der Waals surface area contributed by atoms with E-state index in [1.807, 2.05) is 36.4 Å². The summed E-state index contributed by atoms with van der Waals surface area (Å²) in [5.74, 6) is -5.80. The van der Waals surface area contributed by atoms with Gasteiger partial charge in [-0.2, -0.15) is 15.0 Å². The summed E-state index contributed by atoms with van der Waals surface area (Å²) in [6.07, 6.45) is 1.67. The maximum Gasteiger partial charge on any atom is 0.323 e. The lowest BCUT2D eigenvalue weighted by Crippen LogP contribution is -2.45. The van der Waals surface area contributed by atoms with E-state index in [-0.39, 0.29) is 60.1 Å². The predicted molar refractivity (Wildman–Crippen MR) is 224 cm³/mol. The molecule has 5 aromatic rings. The average molecular weight is 843 g/mol. The molecule has 3 amide bonds. The molecule has 6 rings (SSSR count). The number of carbonyl (C=O) groups is 3. The third kappa shape index (κ3) is 11.5. The Bertz CT molecular complexity index is 2330. The van der Waals surface area contributed by atoms with Crippen LogP contribution < -0.4 is 31.3 Å². The number of aromatic nitrogens is 3. The van der Waals surface area contributed by atoms with Crippen molar-refractivity contribution in [1.82, 2.24) is 25.6 Å². The highest BCUT2D eigenvalue weighted by molar-refractivity contribution is 6.39. The Balaban J connectivity index is 1.07. The molecular formula is C44H46ClF3N8O4. The summed E-state index contributed by atoms with van der Waals surface area (Å²) in [6, 6.07) is 24.5. The Morgan fingerprint density at radius 2 is 1.43 bits per heavy atom. The van der Waals surface area contributed by atoms with Crippen molar-refractivity contribution < 1.29 is 32.3 Å². The van der Waals surface area contributed by atoms with Crippen LogP contribution >= 0.6 is 11.6 Å². The van der Waals surface area contributed by atoms with E-state index in [1.165, 1.54) is 29.8 Å². The fraction of sp³-hybridized carbons (Fsp3) is 0.318. The minimum absolute atomic E-state index is 0.0165. The molecule has 1 aliphatic carbocycles. The number of benzene rings is 4. The lowest BCUT2D eigenvalue weighted by Gasteiger charge is -2.25. The predicted octanol–water partition coefficient (Wildman–Crippen LogP) is 8.83. The number of ether oxygens (including phenoxy) is 1. The van der Waals surface area contributed by atoms with Crippen LogP contribution in [0.2, 0.25) is 5.02 Å². The topological polar surface area (TPSA) is 159 Å². The Morgan fingerprint density at radius 3 is 2.05 bits per heavy atom. The molecule has 0 radical (unpaired) electrons. The summed E-state index contributed by atoms with van der Waals surface area (Å²) in [5, 5.41) is 14.6. The normalized spacial score (nSPS) is 13.3. The van der Waals surface area contributed by atoms with Crippen LogP contribution in [0.15, 0.2) is 91.0 Å². The first-order chi connectivity index (χ1) is 28.4. The van der Waals surface area contributed by atoms with Gasteiger partial charge in [0.25, 0.3) is 11.8 Å². The molecule has 0 aliphatic heterocycles. The van der Waals surface area contributed by atoms with E-state index in [4.69, 9.17) is 16.3 Å². The highest BCUT2D eigenvalue weighted by Gasteiger charge is 2.45. The van der Waals surface area contributed by atoms with Crippen molar-refractivity contribution >= 4 is 52.6 Å². The van der Waals surface area contributed by atoms with Crippen molar-refractivity contribution in [3.63, 3.8) is 0 Å². The molecule has 1 fully saturated rings. The van der Waals surface area contributed by atoms with Crippen LogP contribution in [0.4, 0.5) is 36.4 Å². The summed E-state index contributed by atoms with van der Waals surface area (Å²) in [7, 11) is 0. The average Bonchev–Trinajstić information content (AvgIpc) is 3.98. The van der Waals surface area contributed by atoms with Crippen LogP contribution in [0.1, 0.15) is 86.0 Å². The van der Waals surface area contributed by atoms with Gasteiger partial charge in [0.2, 0.25) is 11.9 Å². The number of anilines is 4. The summed E-state index contributed by atoms with van der Waals surface area (Å²) in [6.45, 7) is 8.66. The van der Waals surface area contributed by atoms with Crippen molar-refractivity contribution in [2.75, 3.05) is 29.0 Å². The molecule has 1 saturated carbocycles. The Hall–Kier alpha value is -6.22. The van der Waals surface area contributed by atoms with Crippen LogP contribution in [-0.2, 0) is 27.7 Å². The molecule has 16 heteroatoms. The van der Waals surface area contributed by atoms with Gasteiger partial charge in [0.1, 0.15) is 12.4 Å². The zero-order valence-corrected chi connectivity index (χ0v) is 34.5. The lowest BCUT2D eigenvalue weighted by molar-refractivity contribution is -0.136. The minimum atomic E-state index is -3.05. The molecule has 0 saturated heterocycles. The quantitative estimate of drug-likeness (QED) is 0.0612. The fourth-order valence-corrected chi connectivity index (χ4v) is 6.22. The number of amides is 3. The number of rotatable bonds is 16. The largest absolute Gasteiger partial charge is 0.458 e. The van der Waals surface area contributed by atoms with E-state index in [9.17, 15) is 23.2 Å². The minimum Gasteiger partial charge on any atom is -0.458 e. The molecular weight excluding hydrogens is 797 g/mol. The summed E-state index contributed by atoms with van der Waals surface area (Å²) in [4.78, 5) is 51.5. The van der Waals surface area contributed by atoms with E-state index < -0.39 is 40.4 Å². The standard InChI is InChI=1S/C44H46ClF3N8O4/c1-26(2)28-8-6-27(7-9-28)23-60-41-54-39(53-40(55-41)56-44(20-21-44)30-10-14-31(45)15-11-30)52-33-18-19-34(35(46)22-33)36(57)49-24-42(3,4)25-50-37(58)38(59)51-32-16-12-29(13-17-32)43(5,47)48/h6-19,22,26H,20-21,23-25H2,1-5H3,(H,49,57)(H,50,58)(H,51,59)(H2,52,53,54,55,56). The van der Waals surface area contributed by atoms with E-state index in [0.717, 1.165) is 49.1 Å². The summed E-state index contributed by atoms with van der Waals surface area (Å²) >= 11 is 6.14. The molecule has 1 aromatic heterocycles. The van der Waals surface area contributed by atoms with Gasteiger partial charge in [-0.25, -0.2) is 13.2 Å². The molecule has 1 heterocycles. The Labute approximate surface area is 351 Å². The van der Waals surface area contributed by atoms with Crippen molar-refractivity contribution in [2.45, 2.75) is 71.4 Å². The first kappa shape index (κ1) is 43.4. The number of hydrogen-bond donors (Lipinski definition) is 5. The molecule has 0 spiro atoms. The SMILES string of the molecule is CC(C)c1ccc(COc2nc(Nc3ccc(C(=O)NCC(C)(C)CNC(=O)C(=O)Nc4ccc(C(C)(F)F)cc4)c(F)c3)nc(NC3(c4ccc(Cl)cc4)CC3)n2)cc1. The van der Waals surface area contributed by atoms with E-state index in [0.29, 0.717) is 10.9 Å². The van der Waals surface area contributed by atoms with Crippen LogP contribution in [-0.4, -0.2) is 45.8 Å². The number of alkyl halides is 2. The summed E-state index contributed by atoms with van der Waals surface area (Å²) in [5.41, 5.74) is 1.95. The molecule has 5 N–H and O–H groups in total.